The first-order valence-corrected chi connectivity index (χ1v) is 15.6. The van der Waals surface area contributed by atoms with Gasteiger partial charge in [-0.25, -0.2) is 0 Å². The summed E-state index contributed by atoms with van der Waals surface area (Å²) >= 11 is 0. The fourth-order valence-corrected chi connectivity index (χ4v) is 6.74. The summed E-state index contributed by atoms with van der Waals surface area (Å²) in [6, 6.07) is 20.0. The summed E-state index contributed by atoms with van der Waals surface area (Å²) in [7, 11) is 0. The minimum absolute atomic E-state index is 0.00512. The lowest BCUT2D eigenvalue weighted by molar-refractivity contribution is 0.111. The smallest absolute Gasteiger partial charge is 0.169 e. The normalized spacial score (nSPS) is 11.3. The molecule has 8 nitrogen and oxygen atoms in total. The Kier molecular flexibility index (Phi) is 8.96. The molecule has 0 unspecified atom stereocenters. The Morgan fingerprint density at radius 1 is 0.500 bits per heavy atom. The number of hydrogen-bond acceptors (Lipinski definition) is 8. The number of aryl methyl sites for hydroxylation is 2. The van der Waals surface area contributed by atoms with Crippen molar-refractivity contribution in [2.75, 3.05) is 0 Å². The lowest BCUT2D eigenvalue weighted by atomic mass is 9.83. The molecule has 6 N–H and O–H groups in total. The fourth-order valence-electron chi connectivity index (χ4n) is 6.74. The summed E-state index contributed by atoms with van der Waals surface area (Å²) in [5.41, 5.74) is 1.33. The van der Waals surface area contributed by atoms with Crippen LogP contribution in [-0.2, 0) is 0 Å². The SMILES string of the molecule is Cc1cc2c(C(C)C)c(O)c(O)c(C=O)c2c(O)c1-c1c(C)cc2c(C(C)C)c(O)c(O)c(C=O)c2c1O.c1ccc2ccccc2c1. The molecule has 0 heterocycles. The Morgan fingerprint density at radius 3 is 1.08 bits per heavy atom. The van der Waals surface area contributed by atoms with E-state index in [0.717, 1.165) is 0 Å². The van der Waals surface area contributed by atoms with Crippen molar-refractivity contribution in [1.82, 2.24) is 0 Å². The number of benzene rings is 6. The Morgan fingerprint density at radius 2 is 0.812 bits per heavy atom. The molecule has 6 aromatic carbocycles. The second-order valence-electron chi connectivity index (χ2n) is 12.6. The number of phenolic OH excluding ortho intramolecular Hbond substituents is 6. The summed E-state index contributed by atoms with van der Waals surface area (Å²) in [6.07, 6.45) is 0.682. The Bertz CT molecular complexity index is 2070. The van der Waals surface area contributed by atoms with E-state index < -0.39 is 34.5 Å². The second-order valence-corrected chi connectivity index (χ2v) is 12.6. The predicted octanol–water partition coefficient (Wildman–Crippen LogP) is 9.22. The number of aldehydes is 2. The minimum Gasteiger partial charge on any atom is -0.507 e. The minimum atomic E-state index is -0.661. The third-order valence-electron chi connectivity index (χ3n) is 8.88. The van der Waals surface area contributed by atoms with Crippen LogP contribution in [-0.4, -0.2) is 43.2 Å². The quantitative estimate of drug-likeness (QED) is 0.0800. The van der Waals surface area contributed by atoms with Crippen molar-refractivity contribution in [3.05, 3.63) is 94.0 Å². The Hall–Kier alpha value is -5.76. The molecule has 0 aromatic heterocycles. The number of carbonyl (C=O) groups excluding carboxylic acids is 2. The molecule has 0 fully saturated rings. The highest BCUT2D eigenvalue weighted by atomic mass is 16.3. The fraction of sp³-hybridized carbons (Fsp3) is 0.200. The number of aromatic hydroxyl groups is 6. The summed E-state index contributed by atoms with van der Waals surface area (Å²) in [5, 5.41) is 69.0. The van der Waals surface area contributed by atoms with Gasteiger partial charge in [0.05, 0.1) is 11.1 Å². The largest absolute Gasteiger partial charge is 0.507 e. The average Bonchev–Trinajstić information content (AvgIpc) is 3.04. The van der Waals surface area contributed by atoms with Gasteiger partial charge in [0.1, 0.15) is 11.5 Å². The third kappa shape index (κ3) is 5.29. The average molecular weight is 647 g/mol. The topological polar surface area (TPSA) is 156 Å². The number of fused-ring (bicyclic) bond motifs is 3. The van der Waals surface area contributed by atoms with Gasteiger partial charge in [-0.3, -0.25) is 9.59 Å². The second kappa shape index (κ2) is 12.8. The van der Waals surface area contributed by atoms with Crippen LogP contribution in [0.15, 0.2) is 60.7 Å². The molecule has 0 saturated heterocycles. The first-order valence-electron chi connectivity index (χ1n) is 15.6. The van der Waals surface area contributed by atoms with Gasteiger partial charge >= 0.3 is 0 Å². The van der Waals surface area contributed by atoms with Crippen LogP contribution in [0.4, 0.5) is 0 Å². The maximum atomic E-state index is 12.0. The highest BCUT2D eigenvalue weighted by molar-refractivity contribution is 6.14. The van der Waals surface area contributed by atoms with Crippen molar-refractivity contribution in [3.63, 3.8) is 0 Å². The number of hydrogen-bond donors (Lipinski definition) is 6. The van der Waals surface area contributed by atoms with Crippen molar-refractivity contribution in [2.24, 2.45) is 0 Å². The molecule has 6 rings (SSSR count). The molecular weight excluding hydrogens is 608 g/mol. The molecule has 0 amide bonds. The molecule has 0 radical (unpaired) electrons. The molecular formula is C40H38O8. The molecule has 0 aliphatic carbocycles. The standard InChI is InChI=1S/C30H30O8.C10H8/c1-11(2)19-15-7-13(5)21(27(35)23(15)17(9-31)25(33)29(19)37)22-14(6)8-16-20(12(3)4)30(38)26(34)18(10-32)24(16)28(22)36;1-2-6-10-8-4-3-7-9(10)5-1/h7-12,33-38H,1-6H3;1-8H. The monoisotopic (exact) mass is 646 g/mol. The van der Waals surface area contributed by atoms with Crippen molar-refractivity contribution in [1.29, 1.82) is 0 Å². The van der Waals surface area contributed by atoms with E-state index in [0.29, 0.717) is 45.6 Å². The first-order chi connectivity index (χ1) is 22.8. The molecule has 48 heavy (non-hydrogen) atoms. The van der Waals surface area contributed by atoms with Gasteiger partial charge in [-0.05, 0) is 58.4 Å². The molecule has 0 aliphatic heterocycles. The van der Waals surface area contributed by atoms with Crippen LogP contribution in [0.25, 0.3) is 43.4 Å². The number of rotatable bonds is 5. The number of phenols is 6. The first kappa shape index (κ1) is 33.6. The molecule has 0 bridgehead atoms. The zero-order valence-electron chi connectivity index (χ0n) is 27.6. The van der Waals surface area contributed by atoms with E-state index in [1.165, 1.54) is 10.8 Å². The van der Waals surface area contributed by atoms with Gasteiger partial charge in [-0.1, -0.05) is 88.4 Å². The van der Waals surface area contributed by atoms with E-state index in [2.05, 4.69) is 48.5 Å². The molecule has 8 heteroatoms. The maximum absolute atomic E-state index is 12.0. The van der Waals surface area contributed by atoms with Gasteiger partial charge < -0.3 is 30.6 Å². The van der Waals surface area contributed by atoms with E-state index in [1.807, 2.05) is 0 Å². The van der Waals surface area contributed by atoms with Crippen molar-refractivity contribution < 1.29 is 40.2 Å². The zero-order chi connectivity index (χ0) is 35.2. The van der Waals surface area contributed by atoms with E-state index >= 15 is 0 Å². The molecule has 0 atom stereocenters. The van der Waals surface area contributed by atoms with Crippen LogP contribution in [0.5, 0.6) is 34.5 Å². The van der Waals surface area contributed by atoms with Gasteiger partial charge in [0.15, 0.2) is 35.6 Å². The van der Waals surface area contributed by atoms with Crippen LogP contribution in [0.2, 0.25) is 0 Å². The van der Waals surface area contributed by atoms with E-state index in [-0.39, 0.29) is 44.9 Å². The predicted molar refractivity (Wildman–Crippen MR) is 189 cm³/mol. The lowest BCUT2D eigenvalue weighted by Crippen LogP contribution is -2.01. The van der Waals surface area contributed by atoms with Crippen molar-refractivity contribution in [2.45, 2.75) is 53.4 Å². The summed E-state index contributed by atoms with van der Waals surface area (Å²) in [4.78, 5) is 24.0. The Balaban J connectivity index is 0.000000380. The van der Waals surface area contributed by atoms with Crippen LogP contribution >= 0.6 is 0 Å². The third-order valence-corrected chi connectivity index (χ3v) is 8.88. The van der Waals surface area contributed by atoms with Gasteiger partial charge in [0.2, 0.25) is 0 Å². The molecule has 246 valence electrons. The lowest BCUT2D eigenvalue weighted by Gasteiger charge is -2.23. The van der Waals surface area contributed by atoms with Gasteiger partial charge in [0.25, 0.3) is 0 Å². The van der Waals surface area contributed by atoms with Crippen LogP contribution in [0.3, 0.4) is 0 Å². The molecule has 0 spiro atoms. The van der Waals surface area contributed by atoms with Gasteiger partial charge in [0, 0.05) is 33.0 Å². The summed E-state index contributed by atoms with van der Waals surface area (Å²) in [5.74, 6) is -3.57. The van der Waals surface area contributed by atoms with Gasteiger partial charge in [-0.2, -0.15) is 0 Å². The van der Waals surface area contributed by atoms with Crippen molar-refractivity contribution in [3.8, 4) is 45.6 Å². The van der Waals surface area contributed by atoms with Crippen molar-refractivity contribution >= 4 is 44.9 Å². The van der Waals surface area contributed by atoms with Crippen LogP contribution in [0.1, 0.15) is 82.5 Å². The van der Waals surface area contributed by atoms with E-state index in [4.69, 9.17) is 0 Å². The molecule has 0 aliphatic rings. The molecule has 6 aromatic rings. The highest BCUT2D eigenvalue weighted by Gasteiger charge is 2.29. The Labute approximate surface area is 277 Å². The van der Waals surface area contributed by atoms with Gasteiger partial charge in [-0.15, -0.1) is 0 Å². The summed E-state index contributed by atoms with van der Waals surface area (Å²) in [6.45, 7) is 10.5. The van der Waals surface area contributed by atoms with E-state index in [9.17, 15) is 40.2 Å². The summed E-state index contributed by atoms with van der Waals surface area (Å²) < 4.78 is 0. The van der Waals surface area contributed by atoms with Crippen LogP contribution < -0.4 is 0 Å². The zero-order valence-corrected chi connectivity index (χ0v) is 27.6. The number of carbonyl (C=O) groups is 2. The van der Waals surface area contributed by atoms with Crippen LogP contribution in [0, 0.1) is 13.8 Å². The van der Waals surface area contributed by atoms with E-state index in [1.54, 1.807) is 53.7 Å². The maximum Gasteiger partial charge on any atom is 0.169 e. The highest BCUT2D eigenvalue weighted by Crippen LogP contribution is 2.54. The molecule has 0 saturated carbocycles.